The summed E-state index contributed by atoms with van der Waals surface area (Å²) in [4.78, 5) is 48.7. The van der Waals surface area contributed by atoms with Crippen LogP contribution in [0.3, 0.4) is 0 Å². The number of fused-ring (bicyclic) bond motifs is 5. The van der Waals surface area contributed by atoms with Gasteiger partial charge in [0.05, 0.1) is 6.10 Å². The Hall–Kier alpha value is -2.46. The zero-order chi connectivity index (χ0) is 37.2. The third kappa shape index (κ3) is 8.69. The Morgan fingerprint density at radius 1 is 0.824 bits per heavy atom. The fraction of sp³-hybridized carbons (Fsp3) is 0.854. The minimum Gasteiger partial charge on any atom is -0.463 e. The zero-order valence-electron chi connectivity index (χ0n) is 32.6. The topological polar surface area (TPSA) is 126 Å². The van der Waals surface area contributed by atoms with Gasteiger partial charge >= 0.3 is 17.9 Å². The SMILES string of the molecule is CC(=O)N[C@H]1[C@@H](O[C@H]2CC[C@]3(C)[C@@H]4CC[C@@]5(C)[C@H](CC[C@H]5[C@H](C)CCCC(C)C)[C@H]4C=C[C@H]3C2)O[C@H](COC(C)=O)[C@@H](OC(C)=O)[C@@H]1OC(C)=O. The van der Waals surface area contributed by atoms with Gasteiger partial charge in [-0.1, -0.05) is 66.0 Å². The Bertz CT molecular complexity index is 1300. The Morgan fingerprint density at radius 2 is 1.49 bits per heavy atom. The van der Waals surface area contributed by atoms with Crippen molar-refractivity contribution in [2.75, 3.05) is 6.61 Å². The number of esters is 3. The van der Waals surface area contributed by atoms with Crippen LogP contribution in [0.4, 0.5) is 0 Å². The third-order valence-electron chi connectivity index (χ3n) is 13.7. The quantitative estimate of drug-likeness (QED) is 0.130. The zero-order valence-corrected chi connectivity index (χ0v) is 32.6. The number of carbonyl (C=O) groups is 4. The van der Waals surface area contributed by atoms with Gasteiger partial charge in [-0.15, -0.1) is 0 Å². The number of hydrogen-bond acceptors (Lipinski definition) is 9. The van der Waals surface area contributed by atoms with Crippen LogP contribution in [0.1, 0.15) is 127 Å². The third-order valence-corrected chi connectivity index (χ3v) is 13.7. The maximum absolute atomic E-state index is 12.5. The number of nitrogens with one attached hydrogen (secondary N) is 1. The lowest BCUT2D eigenvalue weighted by Gasteiger charge is -2.59. The van der Waals surface area contributed by atoms with Crippen LogP contribution >= 0.6 is 0 Å². The van der Waals surface area contributed by atoms with E-state index in [1.165, 1.54) is 72.6 Å². The van der Waals surface area contributed by atoms with E-state index in [-0.39, 0.29) is 24.0 Å². The van der Waals surface area contributed by atoms with Gasteiger partial charge in [0.1, 0.15) is 18.8 Å². The van der Waals surface area contributed by atoms with Gasteiger partial charge < -0.3 is 29.0 Å². The summed E-state index contributed by atoms with van der Waals surface area (Å²) >= 11 is 0. The van der Waals surface area contributed by atoms with Gasteiger partial charge in [-0.2, -0.15) is 0 Å². The molecule has 5 rings (SSSR count). The second-order valence-corrected chi connectivity index (χ2v) is 17.6. The Labute approximate surface area is 305 Å². The van der Waals surface area contributed by atoms with Crippen LogP contribution in [0.15, 0.2) is 12.2 Å². The fourth-order valence-electron chi connectivity index (χ4n) is 11.3. The van der Waals surface area contributed by atoms with Gasteiger partial charge in [-0.05, 0) is 97.2 Å². The molecule has 51 heavy (non-hydrogen) atoms. The Morgan fingerprint density at radius 3 is 2.14 bits per heavy atom. The molecule has 1 heterocycles. The number of allylic oxidation sites excluding steroid dienone is 2. The minimum atomic E-state index is -1.13. The van der Waals surface area contributed by atoms with Crippen molar-refractivity contribution in [1.29, 1.82) is 0 Å². The number of carbonyl (C=O) groups excluding carboxylic acids is 4. The lowest BCUT2D eigenvalue weighted by atomic mass is 9.46. The van der Waals surface area contributed by atoms with Crippen molar-refractivity contribution in [3.05, 3.63) is 12.2 Å². The van der Waals surface area contributed by atoms with E-state index in [9.17, 15) is 19.2 Å². The summed E-state index contributed by atoms with van der Waals surface area (Å²) in [7, 11) is 0. The summed E-state index contributed by atoms with van der Waals surface area (Å²) in [6.07, 6.45) is 12.5. The average Bonchev–Trinajstić information content (AvgIpc) is 3.39. The summed E-state index contributed by atoms with van der Waals surface area (Å²) in [6, 6.07) is -0.956. The largest absolute Gasteiger partial charge is 0.463 e. The minimum absolute atomic E-state index is 0.171. The summed E-state index contributed by atoms with van der Waals surface area (Å²) in [5, 5.41) is 2.84. The van der Waals surface area contributed by atoms with Crippen molar-refractivity contribution in [3.63, 3.8) is 0 Å². The van der Waals surface area contributed by atoms with Crippen LogP contribution in [0.25, 0.3) is 0 Å². The molecule has 0 aromatic heterocycles. The molecule has 14 atom stereocenters. The van der Waals surface area contributed by atoms with Crippen LogP contribution in [-0.2, 0) is 42.9 Å². The van der Waals surface area contributed by atoms with Crippen molar-refractivity contribution in [3.8, 4) is 0 Å². The molecule has 288 valence electrons. The van der Waals surface area contributed by atoms with Crippen molar-refractivity contribution < 1.29 is 42.9 Å². The highest BCUT2D eigenvalue weighted by Crippen LogP contribution is 2.67. The summed E-state index contributed by atoms with van der Waals surface area (Å²) in [5.41, 5.74) is 0.582. The number of hydrogen-bond donors (Lipinski definition) is 1. The molecule has 0 radical (unpaired) electrons. The van der Waals surface area contributed by atoms with Crippen molar-refractivity contribution in [1.82, 2.24) is 5.32 Å². The molecule has 0 aromatic carbocycles. The van der Waals surface area contributed by atoms with Gasteiger partial charge in [0, 0.05) is 27.7 Å². The molecular weight excluding hydrogens is 650 g/mol. The smallest absolute Gasteiger partial charge is 0.303 e. The molecule has 10 heteroatoms. The molecule has 3 saturated carbocycles. The van der Waals surface area contributed by atoms with Crippen molar-refractivity contribution in [2.45, 2.75) is 163 Å². The lowest BCUT2D eigenvalue weighted by Crippen LogP contribution is -2.67. The van der Waals surface area contributed by atoms with Gasteiger partial charge in [-0.25, -0.2) is 0 Å². The fourth-order valence-corrected chi connectivity index (χ4v) is 11.3. The van der Waals surface area contributed by atoms with Crippen LogP contribution in [-0.4, -0.2) is 67.2 Å². The Kier molecular flexibility index (Phi) is 12.7. The molecule has 4 fully saturated rings. The normalized spacial score (nSPS) is 40.7. The van der Waals surface area contributed by atoms with Gasteiger partial charge in [0.25, 0.3) is 0 Å². The highest BCUT2D eigenvalue weighted by molar-refractivity contribution is 5.73. The summed E-state index contributed by atoms with van der Waals surface area (Å²) in [6.45, 7) is 17.2. The number of amides is 1. The summed E-state index contributed by atoms with van der Waals surface area (Å²) < 4.78 is 29.6. The molecular formula is C41H65NO9. The van der Waals surface area contributed by atoms with Gasteiger partial charge in [0.2, 0.25) is 5.91 Å². The standard InChI is InChI=1S/C41H65NO9/c1-23(2)11-10-12-24(3)32-15-16-33-31-14-13-29-21-30(17-19-40(29,8)34(31)18-20-41(32,33)9)50-39-36(42-25(4)43)38(49-28(7)46)37(48-27(6)45)35(51-39)22-47-26(5)44/h13-14,23-24,29-39H,10-12,15-22H2,1-9H3,(H,42,43)/t24-,29+,30+,31-,32+,33-,34-,35-,36-,37-,38-,39+,40+,41-/m1/s1. The van der Waals surface area contributed by atoms with E-state index in [0.717, 1.165) is 42.9 Å². The molecule has 1 aliphatic heterocycles. The van der Waals surface area contributed by atoms with Crippen LogP contribution in [0.2, 0.25) is 0 Å². The maximum atomic E-state index is 12.5. The highest BCUT2D eigenvalue weighted by Gasteiger charge is 2.60. The van der Waals surface area contributed by atoms with Crippen LogP contribution in [0, 0.1) is 52.3 Å². The van der Waals surface area contributed by atoms with E-state index in [1.54, 1.807) is 0 Å². The second-order valence-electron chi connectivity index (χ2n) is 17.6. The molecule has 5 aliphatic rings. The molecule has 0 bridgehead atoms. The molecule has 1 N–H and O–H groups in total. The van der Waals surface area contributed by atoms with E-state index in [1.807, 2.05) is 0 Å². The molecule has 0 unspecified atom stereocenters. The number of rotatable bonds is 12. The maximum Gasteiger partial charge on any atom is 0.303 e. The Balaban J connectivity index is 1.32. The first-order chi connectivity index (χ1) is 24.0. The van der Waals surface area contributed by atoms with Crippen molar-refractivity contribution >= 4 is 23.8 Å². The molecule has 1 saturated heterocycles. The van der Waals surface area contributed by atoms with Gasteiger partial charge in [0.15, 0.2) is 18.5 Å². The molecule has 0 spiro atoms. The van der Waals surface area contributed by atoms with Crippen LogP contribution < -0.4 is 5.32 Å². The van der Waals surface area contributed by atoms with Crippen LogP contribution in [0.5, 0.6) is 0 Å². The van der Waals surface area contributed by atoms with Gasteiger partial charge in [-0.3, -0.25) is 19.2 Å². The molecule has 0 aromatic rings. The summed E-state index contributed by atoms with van der Waals surface area (Å²) in [5.74, 6) is 2.54. The van der Waals surface area contributed by atoms with E-state index < -0.39 is 48.6 Å². The predicted molar refractivity (Wildman–Crippen MR) is 192 cm³/mol. The molecule has 1 amide bonds. The molecule has 4 aliphatic carbocycles. The first kappa shape index (κ1) is 39.7. The second kappa shape index (κ2) is 16.3. The van der Waals surface area contributed by atoms with Crippen molar-refractivity contribution in [2.24, 2.45) is 52.3 Å². The van der Waals surface area contributed by atoms with E-state index in [0.29, 0.717) is 23.2 Å². The first-order valence-electron chi connectivity index (χ1n) is 19.8. The average molecular weight is 716 g/mol. The first-order valence-corrected chi connectivity index (χ1v) is 19.8. The van der Waals surface area contributed by atoms with E-state index >= 15 is 0 Å². The lowest BCUT2D eigenvalue weighted by molar-refractivity contribution is -0.292. The predicted octanol–water partition coefficient (Wildman–Crippen LogP) is 6.93. The molecule has 10 nitrogen and oxygen atoms in total. The monoisotopic (exact) mass is 715 g/mol. The number of ether oxygens (including phenoxy) is 5. The highest BCUT2D eigenvalue weighted by atomic mass is 16.7. The van der Waals surface area contributed by atoms with E-state index in [2.05, 4.69) is 52.1 Å². The van der Waals surface area contributed by atoms with E-state index in [4.69, 9.17) is 23.7 Å².